The molecule has 0 spiro atoms. The van der Waals surface area contributed by atoms with Crippen LogP contribution >= 0.6 is 11.3 Å². The van der Waals surface area contributed by atoms with Gasteiger partial charge in [0.15, 0.2) is 17.4 Å². The molecule has 1 unspecified atom stereocenters. The minimum atomic E-state index is 0.118. The Morgan fingerprint density at radius 2 is 2.23 bits per heavy atom. The molecule has 0 aliphatic carbocycles. The molecular formula is C23H21N5O2S. The predicted octanol–water partition coefficient (Wildman–Crippen LogP) is 3.59. The zero-order valence-electron chi connectivity index (χ0n) is 16.8. The van der Waals surface area contributed by atoms with Gasteiger partial charge in [0.1, 0.15) is 0 Å². The fraction of sp³-hybridized carbons (Fsp3) is 0.261. The number of morpholine rings is 1. The van der Waals surface area contributed by atoms with Crippen LogP contribution in [0.15, 0.2) is 54.2 Å². The first-order chi connectivity index (χ1) is 15.3. The molecule has 0 amide bonds. The van der Waals surface area contributed by atoms with Crippen LogP contribution in [0.2, 0.25) is 0 Å². The summed E-state index contributed by atoms with van der Waals surface area (Å²) in [6.45, 7) is 3.13. The van der Waals surface area contributed by atoms with E-state index in [4.69, 9.17) is 14.7 Å². The second-order valence-corrected chi connectivity index (χ2v) is 8.80. The van der Waals surface area contributed by atoms with E-state index >= 15 is 0 Å². The molecule has 1 saturated heterocycles. The number of aromatic nitrogens is 3. The SMILES string of the molecule is O=C(CN1CC2COCCN2c2nc(-c3cccc4[nH]ccc34)ncc21)c1cccs1. The lowest BCUT2D eigenvalue weighted by molar-refractivity contribution is 0.0917. The number of hydrogen-bond donors (Lipinski definition) is 1. The Bertz CT molecular complexity index is 1250. The normalized spacial score (nSPS) is 18.1. The molecule has 5 heterocycles. The van der Waals surface area contributed by atoms with E-state index in [2.05, 4.69) is 26.9 Å². The Labute approximate surface area is 183 Å². The number of rotatable bonds is 4. The quantitative estimate of drug-likeness (QED) is 0.498. The number of nitrogens with one attached hydrogen (secondary N) is 1. The van der Waals surface area contributed by atoms with Crippen LogP contribution in [0.5, 0.6) is 0 Å². The van der Waals surface area contributed by atoms with Crippen LogP contribution < -0.4 is 9.80 Å². The van der Waals surface area contributed by atoms with Crippen LogP contribution in [0.1, 0.15) is 9.67 Å². The third-order valence-corrected chi connectivity index (χ3v) is 6.90. The molecule has 2 aliphatic heterocycles. The summed E-state index contributed by atoms with van der Waals surface area (Å²) in [4.78, 5) is 31.0. The van der Waals surface area contributed by atoms with Crippen LogP contribution in [0.3, 0.4) is 0 Å². The molecule has 31 heavy (non-hydrogen) atoms. The average Bonchev–Trinajstić information content (AvgIpc) is 3.51. The third kappa shape index (κ3) is 3.19. The summed E-state index contributed by atoms with van der Waals surface area (Å²) in [5.74, 6) is 1.70. The molecule has 1 fully saturated rings. The van der Waals surface area contributed by atoms with Gasteiger partial charge in [-0.2, -0.15) is 0 Å². The van der Waals surface area contributed by atoms with Crippen molar-refractivity contribution in [1.82, 2.24) is 15.0 Å². The number of benzene rings is 1. The van der Waals surface area contributed by atoms with Crippen molar-refractivity contribution in [3.63, 3.8) is 0 Å². The van der Waals surface area contributed by atoms with E-state index in [1.54, 1.807) is 0 Å². The Hall–Kier alpha value is -3.23. The maximum Gasteiger partial charge on any atom is 0.191 e. The van der Waals surface area contributed by atoms with Gasteiger partial charge in [-0.05, 0) is 23.6 Å². The smallest absolute Gasteiger partial charge is 0.191 e. The number of ether oxygens (including phenoxy) is 1. The predicted molar refractivity (Wildman–Crippen MR) is 122 cm³/mol. The first-order valence-corrected chi connectivity index (χ1v) is 11.3. The Balaban J connectivity index is 1.42. The second-order valence-electron chi connectivity index (χ2n) is 7.85. The summed E-state index contributed by atoms with van der Waals surface area (Å²) in [5.41, 5.74) is 2.97. The summed E-state index contributed by atoms with van der Waals surface area (Å²) in [7, 11) is 0. The van der Waals surface area contributed by atoms with Gasteiger partial charge in [0.2, 0.25) is 0 Å². The molecule has 2 aliphatic rings. The van der Waals surface area contributed by atoms with Gasteiger partial charge in [-0.25, -0.2) is 9.97 Å². The fourth-order valence-corrected chi connectivity index (χ4v) is 5.14. The Morgan fingerprint density at radius 3 is 3.13 bits per heavy atom. The average molecular weight is 432 g/mol. The maximum absolute atomic E-state index is 12.8. The van der Waals surface area contributed by atoms with Gasteiger partial charge in [0.05, 0.1) is 42.6 Å². The summed E-state index contributed by atoms with van der Waals surface area (Å²) in [6, 6.07) is 12.1. The number of anilines is 2. The van der Waals surface area contributed by atoms with Crippen LogP contribution in [0.4, 0.5) is 11.5 Å². The van der Waals surface area contributed by atoms with Crippen molar-refractivity contribution < 1.29 is 9.53 Å². The zero-order chi connectivity index (χ0) is 20.8. The largest absolute Gasteiger partial charge is 0.377 e. The first-order valence-electron chi connectivity index (χ1n) is 10.4. The molecule has 1 aromatic carbocycles. The molecule has 1 N–H and O–H groups in total. The highest BCUT2D eigenvalue weighted by molar-refractivity contribution is 7.12. The van der Waals surface area contributed by atoms with E-state index in [9.17, 15) is 4.79 Å². The number of aromatic amines is 1. The molecule has 0 saturated carbocycles. The number of fused-ring (bicyclic) bond motifs is 4. The molecular weight excluding hydrogens is 410 g/mol. The topological polar surface area (TPSA) is 74.3 Å². The van der Waals surface area contributed by atoms with Gasteiger partial charge < -0.3 is 19.5 Å². The van der Waals surface area contributed by atoms with E-state index in [0.717, 1.165) is 45.9 Å². The molecule has 8 heteroatoms. The first kappa shape index (κ1) is 18.5. The molecule has 6 rings (SSSR count). The number of ketones is 1. The summed E-state index contributed by atoms with van der Waals surface area (Å²) < 4.78 is 5.74. The summed E-state index contributed by atoms with van der Waals surface area (Å²) in [5, 5.41) is 3.03. The highest BCUT2D eigenvalue weighted by Gasteiger charge is 2.35. The summed E-state index contributed by atoms with van der Waals surface area (Å²) in [6.07, 6.45) is 3.80. The molecule has 3 aromatic heterocycles. The van der Waals surface area contributed by atoms with Gasteiger partial charge in [-0.15, -0.1) is 11.3 Å². The second kappa shape index (κ2) is 7.47. The van der Waals surface area contributed by atoms with Gasteiger partial charge in [-0.3, -0.25) is 4.79 Å². The van der Waals surface area contributed by atoms with Gasteiger partial charge >= 0.3 is 0 Å². The lowest BCUT2D eigenvalue weighted by atomic mass is 10.1. The Morgan fingerprint density at radius 1 is 1.26 bits per heavy atom. The number of Topliss-reactive ketones (excluding diaryl/α,β-unsaturated/α-hetero) is 1. The van der Waals surface area contributed by atoms with Gasteiger partial charge in [-0.1, -0.05) is 18.2 Å². The van der Waals surface area contributed by atoms with Crippen molar-refractivity contribution in [2.75, 3.05) is 42.6 Å². The lowest BCUT2D eigenvalue weighted by Crippen LogP contribution is -2.56. The van der Waals surface area contributed by atoms with E-state index in [-0.39, 0.29) is 11.8 Å². The lowest BCUT2D eigenvalue weighted by Gasteiger charge is -2.45. The molecule has 1 atom stereocenters. The Kier molecular flexibility index (Phi) is 4.47. The third-order valence-electron chi connectivity index (χ3n) is 5.99. The van der Waals surface area contributed by atoms with E-state index < -0.39 is 0 Å². The standard InChI is InChI=1S/C23H21N5O2S/c29-20(21-5-2-10-31-21)13-27-12-15-14-30-9-8-28(15)23-19(27)11-25-22(26-23)17-3-1-4-18-16(17)6-7-24-18/h1-7,10-11,15,24H,8-9,12-14H2. The fourth-order valence-electron chi connectivity index (χ4n) is 4.49. The van der Waals surface area contributed by atoms with Crippen LogP contribution in [-0.2, 0) is 4.74 Å². The number of thiophene rings is 1. The van der Waals surface area contributed by atoms with Gasteiger partial charge in [0.25, 0.3) is 0 Å². The number of carbonyl (C=O) groups is 1. The van der Waals surface area contributed by atoms with E-state index in [1.807, 2.05) is 42.0 Å². The van der Waals surface area contributed by atoms with Crippen molar-refractivity contribution >= 4 is 39.5 Å². The number of carbonyl (C=O) groups excluding carboxylic acids is 1. The van der Waals surface area contributed by atoms with E-state index in [0.29, 0.717) is 25.6 Å². The number of H-pyrrole nitrogens is 1. The van der Waals surface area contributed by atoms with Crippen LogP contribution in [0, 0.1) is 0 Å². The molecule has 156 valence electrons. The number of hydrogen-bond acceptors (Lipinski definition) is 7. The molecule has 4 aromatic rings. The van der Waals surface area contributed by atoms with Crippen molar-refractivity contribution in [2.24, 2.45) is 0 Å². The summed E-state index contributed by atoms with van der Waals surface area (Å²) >= 11 is 1.48. The van der Waals surface area contributed by atoms with Crippen molar-refractivity contribution in [3.8, 4) is 11.4 Å². The van der Waals surface area contributed by atoms with Crippen molar-refractivity contribution in [1.29, 1.82) is 0 Å². The van der Waals surface area contributed by atoms with Crippen LogP contribution in [-0.4, -0.2) is 59.6 Å². The highest BCUT2D eigenvalue weighted by Crippen LogP contribution is 2.37. The zero-order valence-corrected chi connectivity index (χ0v) is 17.6. The van der Waals surface area contributed by atoms with Gasteiger partial charge in [0, 0.05) is 35.8 Å². The van der Waals surface area contributed by atoms with Crippen LogP contribution in [0.25, 0.3) is 22.3 Å². The molecule has 7 nitrogen and oxygen atoms in total. The van der Waals surface area contributed by atoms with Crippen molar-refractivity contribution in [2.45, 2.75) is 6.04 Å². The van der Waals surface area contributed by atoms with E-state index in [1.165, 1.54) is 11.3 Å². The monoisotopic (exact) mass is 431 g/mol. The minimum absolute atomic E-state index is 0.118. The molecule has 0 radical (unpaired) electrons. The molecule has 0 bridgehead atoms. The van der Waals surface area contributed by atoms with Crippen molar-refractivity contribution in [3.05, 3.63) is 59.0 Å². The number of nitrogens with zero attached hydrogens (tertiary/aromatic N) is 4. The maximum atomic E-state index is 12.8. The highest BCUT2D eigenvalue weighted by atomic mass is 32.1. The minimum Gasteiger partial charge on any atom is -0.377 e.